The number of aromatic nitrogens is 1. The molecule has 148 valence electrons. The number of hydrogen-bond donors (Lipinski definition) is 2. The van der Waals surface area contributed by atoms with Crippen molar-refractivity contribution in [1.82, 2.24) is 4.98 Å². The van der Waals surface area contributed by atoms with E-state index in [-0.39, 0.29) is 28.1 Å². The first kappa shape index (κ1) is 19.7. The molecule has 7 nitrogen and oxygen atoms in total. The normalized spacial score (nSPS) is 16.4. The van der Waals surface area contributed by atoms with Crippen LogP contribution >= 0.6 is 11.6 Å². The number of halogens is 4. The van der Waals surface area contributed by atoms with Gasteiger partial charge in [-0.3, -0.25) is 14.5 Å². The fraction of sp³-hybridized carbons (Fsp3) is 0.235. The van der Waals surface area contributed by atoms with Gasteiger partial charge < -0.3 is 15.8 Å². The minimum atomic E-state index is -4.60. The van der Waals surface area contributed by atoms with Gasteiger partial charge in [-0.2, -0.15) is 13.2 Å². The highest BCUT2D eigenvalue weighted by Gasteiger charge is 2.35. The van der Waals surface area contributed by atoms with Crippen LogP contribution in [0, 0.1) is 0 Å². The fourth-order valence-electron chi connectivity index (χ4n) is 2.58. The Morgan fingerprint density at radius 2 is 2.07 bits per heavy atom. The van der Waals surface area contributed by atoms with Crippen LogP contribution in [0.1, 0.15) is 12.5 Å². The molecule has 3 N–H and O–H groups in total. The van der Waals surface area contributed by atoms with Gasteiger partial charge in [-0.05, 0) is 37.3 Å². The summed E-state index contributed by atoms with van der Waals surface area (Å²) in [7, 11) is 0. The molecule has 0 saturated heterocycles. The van der Waals surface area contributed by atoms with Gasteiger partial charge in [0.25, 0.3) is 5.91 Å². The van der Waals surface area contributed by atoms with Crippen molar-refractivity contribution in [2.75, 3.05) is 22.5 Å². The molecule has 2 aromatic rings. The van der Waals surface area contributed by atoms with Gasteiger partial charge in [0.1, 0.15) is 12.4 Å². The fourth-order valence-corrected chi connectivity index (χ4v) is 2.75. The summed E-state index contributed by atoms with van der Waals surface area (Å²) >= 11 is 5.88. The Bertz CT molecular complexity index is 952. The van der Waals surface area contributed by atoms with Crippen LogP contribution in [0.15, 0.2) is 30.3 Å². The minimum absolute atomic E-state index is 0.0494. The third kappa shape index (κ3) is 3.96. The van der Waals surface area contributed by atoms with Crippen molar-refractivity contribution >= 4 is 40.7 Å². The summed E-state index contributed by atoms with van der Waals surface area (Å²) in [5, 5.41) is 2.21. The molecule has 1 aromatic heterocycles. The maximum atomic E-state index is 12.9. The number of fused-ring (bicyclic) bond motifs is 1. The van der Waals surface area contributed by atoms with Crippen LogP contribution in [-0.2, 0) is 15.8 Å². The molecular formula is C17H14ClF3N4O3. The quantitative estimate of drug-likeness (QED) is 0.804. The van der Waals surface area contributed by atoms with Gasteiger partial charge in [0.2, 0.25) is 5.91 Å². The summed E-state index contributed by atoms with van der Waals surface area (Å²) < 4.78 is 44.0. The van der Waals surface area contributed by atoms with E-state index in [0.29, 0.717) is 6.07 Å². The van der Waals surface area contributed by atoms with Crippen LogP contribution in [0.3, 0.4) is 0 Å². The summed E-state index contributed by atoms with van der Waals surface area (Å²) in [4.78, 5) is 29.9. The lowest BCUT2D eigenvalue weighted by Gasteiger charge is -2.31. The minimum Gasteiger partial charge on any atom is -0.477 e. The van der Waals surface area contributed by atoms with Crippen molar-refractivity contribution in [3.05, 3.63) is 40.9 Å². The molecule has 2 amide bonds. The van der Waals surface area contributed by atoms with E-state index in [1.54, 1.807) is 0 Å². The van der Waals surface area contributed by atoms with E-state index in [0.717, 1.165) is 17.0 Å². The van der Waals surface area contributed by atoms with Crippen LogP contribution in [0.25, 0.3) is 0 Å². The van der Waals surface area contributed by atoms with E-state index in [9.17, 15) is 22.8 Å². The van der Waals surface area contributed by atoms with Gasteiger partial charge in [0.15, 0.2) is 17.7 Å². The third-order valence-corrected chi connectivity index (χ3v) is 4.23. The number of nitrogen functional groups attached to an aromatic ring is 1. The standard InChI is InChI=1S/C17H14ClF3N4O3/c1-8-16(27)25(15-12(28-8)4-5-13(22)24-15)7-14(26)23-11-6-9(17(19,20)21)2-3-10(11)18/h2-6,8H,7H2,1H3,(H2,22,24)(H,23,26). The smallest absolute Gasteiger partial charge is 0.416 e. The molecule has 0 aliphatic carbocycles. The maximum absolute atomic E-state index is 12.9. The van der Waals surface area contributed by atoms with Crippen LogP contribution in [-0.4, -0.2) is 29.4 Å². The van der Waals surface area contributed by atoms with Crippen LogP contribution < -0.4 is 20.7 Å². The SMILES string of the molecule is CC1Oc2ccc(N)nc2N(CC(=O)Nc2cc(C(F)(F)F)ccc2Cl)C1=O. The molecule has 28 heavy (non-hydrogen) atoms. The summed E-state index contributed by atoms with van der Waals surface area (Å²) in [6.07, 6.45) is -5.47. The molecule has 0 bridgehead atoms. The number of alkyl halides is 3. The Balaban J connectivity index is 1.84. The van der Waals surface area contributed by atoms with Gasteiger partial charge in [-0.15, -0.1) is 0 Å². The molecule has 0 spiro atoms. The molecule has 0 radical (unpaired) electrons. The third-order valence-electron chi connectivity index (χ3n) is 3.90. The molecular weight excluding hydrogens is 401 g/mol. The van der Waals surface area contributed by atoms with Crippen molar-refractivity contribution < 1.29 is 27.5 Å². The zero-order chi connectivity index (χ0) is 20.6. The Hall–Kier alpha value is -3.01. The van der Waals surface area contributed by atoms with Gasteiger partial charge in [0.05, 0.1) is 16.3 Å². The van der Waals surface area contributed by atoms with E-state index in [2.05, 4.69) is 10.3 Å². The molecule has 1 aromatic carbocycles. The van der Waals surface area contributed by atoms with E-state index in [1.165, 1.54) is 19.1 Å². The number of nitrogens with zero attached hydrogens (tertiary/aromatic N) is 2. The topological polar surface area (TPSA) is 97.6 Å². The number of amides is 2. The maximum Gasteiger partial charge on any atom is 0.416 e. The second kappa shape index (κ2) is 7.19. The molecule has 0 saturated carbocycles. The number of rotatable bonds is 3. The number of nitrogens with two attached hydrogens (primary N) is 1. The number of hydrogen-bond acceptors (Lipinski definition) is 5. The predicted octanol–water partition coefficient (Wildman–Crippen LogP) is 3.09. The number of carbonyl (C=O) groups is 2. The van der Waals surface area contributed by atoms with E-state index < -0.39 is 36.2 Å². The average Bonchev–Trinajstić information content (AvgIpc) is 2.60. The summed E-state index contributed by atoms with van der Waals surface area (Å²) in [5.74, 6) is -0.898. The molecule has 3 rings (SSSR count). The zero-order valence-corrected chi connectivity index (χ0v) is 15.1. The lowest BCUT2D eigenvalue weighted by atomic mass is 10.2. The molecule has 1 aliphatic heterocycles. The van der Waals surface area contributed by atoms with E-state index in [4.69, 9.17) is 22.1 Å². The largest absolute Gasteiger partial charge is 0.477 e. The first-order valence-electron chi connectivity index (χ1n) is 7.97. The summed E-state index contributed by atoms with van der Waals surface area (Å²) in [5.41, 5.74) is 4.43. The van der Waals surface area contributed by atoms with Gasteiger partial charge >= 0.3 is 6.18 Å². The van der Waals surface area contributed by atoms with Crippen molar-refractivity contribution in [2.24, 2.45) is 0 Å². The molecule has 11 heteroatoms. The van der Waals surface area contributed by atoms with E-state index >= 15 is 0 Å². The lowest BCUT2D eigenvalue weighted by Crippen LogP contribution is -2.48. The van der Waals surface area contributed by atoms with Gasteiger partial charge in [-0.1, -0.05) is 11.6 Å². The molecule has 1 atom stereocenters. The highest BCUT2D eigenvalue weighted by atomic mass is 35.5. The Morgan fingerprint density at radius 3 is 2.75 bits per heavy atom. The highest BCUT2D eigenvalue weighted by molar-refractivity contribution is 6.33. The average molecular weight is 415 g/mol. The molecule has 0 fully saturated rings. The van der Waals surface area contributed by atoms with Crippen molar-refractivity contribution in [1.29, 1.82) is 0 Å². The van der Waals surface area contributed by atoms with Crippen molar-refractivity contribution in [3.8, 4) is 5.75 Å². The molecule has 1 unspecified atom stereocenters. The number of nitrogens with one attached hydrogen (secondary N) is 1. The van der Waals surface area contributed by atoms with Crippen LogP contribution in [0.2, 0.25) is 5.02 Å². The Kier molecular flexibility index (Phi) is 5.07. The van der Waals surface area contributed by atoms with Crippen LogP contribution in [0.4, 0.5) is 30.5 Å². The van der Waals surface area contributed by atoms with Gasteiger partial charge in [-0.25, -0.2) is 4.98 Å². The molecule has 1 aliphatic rings. The zero-order valence-electron chi connectivity index (χ0n) is 14.4. The number of anilines is 3. The number of ether oxygens (including phenoxy) is 1. The molecule has 2 heterocycles. The summed E-state index contributed by atoms with van der Waals surface area (Å²) in [6.45, 7) is 0.985. The Morgan fingerprint density at radius 1 is 1.36 bits per heavy atom. The second-order valence-electron chi connectivity index (χ2n) is 5.98. The van der Waals surface area contributed by atoms with Crippen molar-refractivity contribution in [2.45, 2.75) is 19.2 Å². The van der Waals surface area contributed by atoms with Crippen molar-refractivity contribution in [3.63, 3.8) is 0 Å². The first-order chi connectivity index (χ1) is 13.1. The van der Waals surface area contributed by atoms with E-state index in [1.807, 2.05) is 0 Å². The number of benzene rings is 1. The predicted molar refractivity (Wildman–Crippen MR) is 96.2 cm³/mol. The lowest BCUT2D eigenvalue weighted by molar-refractivity contribution is -0.137. The number of carbonyl (C=O) groups excluding carboxylic acids is 2. The van der Waals surface area contributed by atoms with Gasteiger partial charge in [0, 0.05) is 0 Å². The van der Waals surface area contributed by atoms with Crippen LogP contribution in [0.5, 0.6) is 5.75 Å². The number of pyridine rings is 1. The summed E-state index contributed by atoms with van der Waals surface area (Å²) in [6, 6.07) is 5.53. The first-order valence-corrected chi connectivity index (χ1v) is 8.35. The Labute approximate surface area is 162 Å². The second-order valence-corrected chi connectivity index (χ2v) is 6.39. The highest BCUT2D eigenvalue weighted by Crippen LogP contribution is 2.35. The monoisotopic (exact) mass is 414 g/mol.